The van der Waals surface area contributed by atoms with Gasteiger partial charge in [-0.15, -0.1) is 0 Å². The summed E-state index contributed by atoms with van der Waals surface area (Å²) in [4.78, 5) is 4.99. The number of hydrazine groups is 2. The lowest BCUT2D eigenvalue weighted by Gasteiger charge is -2.08. The average Bonchev–Trinajstić information content (AvgIpc) is 2.65. The van der Waals surface area contributed by atoms with E-state index in [2.05, 4.69) is 40.3 Å². The van der Waals surface area contributed by atoms with Gasteiger partial charge in [0.2, 0.25) is 0 Å². The van der Waals surface area contributed by atoms with Gasteiger partial charge >= 0.3 is 0 Å². The van der Waals surface area contributed by atoms with Crippen LogP contribution in [0.5, 0.6) is 0 Å². The van der Waals surface area contributed by atoms with Crippen molar-refractivity contribution in [2.75, 3.05) is 18.0 Å². The molecule has 0 aliphatic carbocycles. The SMILES string of the molecule is CON=C(CCc1ccc(NN)cc1)CCc1ccc(NN)cc1. The van der Waals surface area contributed by atoms with Crippen molar-refractivity contribution in [2.24, 2.45) is 16.8 Å². The molecule has 0 bridgehead atoms. The number of nitrogens with zero attached hydrogens (tertiary/aromatic N) is 1. The van der Waals surface area contributed by atoms with Crippen LogP contribution in [0, 0.1) is 0 Å². The van der Waals surface area contributed by atoms with Crippen LogP contribution in [0.1, 0.15) is 24.0 Å². The summed E-state index contributed by atoms with van der Waals surface area (Å²) in [5.74, 6) is 10.8. The van der Waals surface area contributed by atoms with E-state index in [0.717, 1.165) is 42.8 Å². The van der Waals surface area contributed by atoms with Crippen molar-refractivity contribution in [3.05, 3.63) is 59.7 Å². The van der Waals surface area contributed by atoms with Gasteiger partial charge < -0.3 is 15.7 Å². The number of oxime groups is 1. The summed E-state index contributed by atoms with van der Waals surface area (Å²) in [7, 11) is 1.59. The molecule has 2 aromatic rings. The number of nitrogens with one attached hydrogen (secondary N) is 2. The Morgan fingerprint density at radius 2 is 1.25 bits per heavy atom. The van der Waals surface area contributed by atoms with Gasteiger partial charge in [0.05, 0.1) is 5.71 Å². The minimum atomic E-state index is 0.867. The Hall–Kier alpha value is -2.57. The number of nitrogen functional groups attached to an aromatic ring is 2. The van der Waals surface area contributed by atoms with Crippen LogP contribution < -0.4 is 22.5 Å². The zero-order valence-electron chi connectivity index (χ0n) is 14.0. The highest BCUT2D eigenvalue weighted by molar-refractivity contribution is 5.84. The molecule has 128 valence electrons. The highest BCUT2D eigenvalue weighted by atomic mass is 16.6. The predicted octanol–water partition coefficient (Wildman–Crippen LogP) is 2.83. The Labute approximate surface area is 142 Å². The van der Waals surface area contributed by atoms with Crippen LogP contribution in [0.15, 0.2) is 53.7 Å². The second kappa shape index (κ2) is 9.54. The summed E-state index contributed by atoms with van der Waals surface area (Å²) in [6, 6.07) is 16.1. The third-order valence-electron chi connectivity index (χ3n) is 3.87. The molecule has 0 aromatic heterocycles. The van der Waals surface area contributed by atoms with Crippen molar-refractivity contribution < 1.29 is 4.84 Å². The molecule has 0 spiro atoms. The van der Waals surface area contributed by atoms with Gasteiger partial charge in [-0.05, 0) is 61.1 Å². The first-order valence-electron chi connectivity index (χ1n) is 7.95. The molecule has 0 unspecified atom stereocenters. The van der Waals surface area contributed by atoms with Crippen LogP contribution in [0.25, 0.3) is 0 Å². The smallest absolute Gasteiger partial charge is 0.106 e. The molecule has 6 N–H and O–H groups in total. The summed E-state index contributed by atoms with van der Waals surface area (Å²) in [5.41, 5.74) is 10.6. The van der Waals surface area contributed by atoms with Crippen molar-refractivity contribution in [1.82, 2.24) is 0 Å². The molecule has 0 aliphatic heterocycles. The fraction of sp³-hybridized carbons (Fsp3) is 0.278. The molecular formula is C18H25N5O. The van der Waals surface area contributed by atoms with Gasteiger partial charge in [0, 0.05) is 11.4 Å². The largest absolute Gasteiger partial charge is 0.399 e. The molecular weight excluding hydrogens is 302 g/mol. The number of benzene rings is 2. The van der Waals surface area contributed by atoms with Crippen molar-refractivity contribution in [3.8, 4) is 0 Å². The van der Waals surface area contributed by atoms with E-state index in [1.807, 2.05) is 24.3 Å². The van der Waals surface area contributed by atoms with Gasteiger partial charge in [0.15, 0.2) is 0 Å². The van der Waals surface area contributed by atoms with E-state index < -0.39 is 0 Å². The first kappa shape index (κ1) is 17.8. The van der Waals surface area contributed by atoms with E-state index in [1.54, 1.807) is 7.11 Å². The average molecular weight is 327 g/mol. The molecule has 2 rings (SSSR count). The van der Waals surface area contributed by atoms with E-state index in [0.29, 0.717) is 0 Å². The fourth-order valence-electron chi connectivity index (χ4n) is 2.46. The summed E-state index contributed by atoms with van der Waals surface area (Å²) in [6.07, 6.45) is 3.57. The lowest BCUT2D eigenvalue weighted by Crippen LogP contribution is -2.07. The van der Waals surface area contributed by atoms with E-state index in [4.69, 9.17) is 16.5 Å². The topological polar surface area (TPSA) is 97.7 Å². The van der Waals surface area contributed by atoms with Gasteiger partial charge in [-0.25, -0.2) is 0 Å². The van der Waals surface area contributed by atoms with Gasteiger partial charge in [-0.2, -0.15) is 0 Å². The van der Waals surface area contributed by atoms with E-state index >= 15 is 0 Å². The number of hydrogen-bond donors (Lipinski definition) is 4. The first-order valence-corrected chi connectivity index (χ1v) is 7.95. The van der Waals surface area contributed by atoms with Crippen LogP contribution in [0.4, 0.5) is 11.4 Å². The van der Waals surface area contributed by atoms with E-state index in [1.165, 1.54) is 11.1 Å². The highest BCUT2D eigenvalue weighted by Crippen LogP contribution is 2.13. The van der Waals surface area contributed by atoms with Gasteiger partial charge in [-0.1, -0.05) is 29.4 Å². The van der Waals surface area contributed by atoms with Crippen LogP contribution in [0.2, 0.25) is 0 Å². The van der Waals surface area contributed by atoms with E-state index in [9.17, 15) is 0 Å². The standard InChI is InChI=1S/C18H25N5O/c1-24-23-18(12-6-14-2-8-16(21-19)9-3-14)13-7-15-4-10-17(22-20)11-5-15/h2-5,8-11,21-22H,6-7,12-13,19-20H2,1H3. The number of aryl methyl sites for hydroxylation is 2. The first-order chi connectivity index (χ1) is 11.7. The monoisotopic (exact) mass is 327 g/mol. The summed E-state index contributed by atoms with van der Waals surface area (Å²) in [5, 5.41) is 4.17. The van der Waals surface area contributed by atoms with Crippen LogP contribution in [-0.2, 0) is 17.7 Å². The number of nitrogens with two attached hydrogens (primary N) is 2. The Bertz CT molecular complexity index is 584. The normalized spacial score (nSPS) is 10.1. The van der Waals surface area contributed by atoms with Gasteiger partial charge in [-0.3, -0.25) is 11.7 Å². The highest BCUT2D eigenvalue weighted by Gasteiger charge is 2.04. The maximum Gasteiger partial charge on any atom is 0.106 e. The maximum absolute atomic E-state index is 5.38. The Morgan fingerprint density at radius 1 is 0.833 bits per heavy atom. The van der Waals surface area contributed by atoms with Crippen LogP contribution >= 0.6 is 0 Å². The van der Waals surface area contributed by atoms with E-state index in [-0.39, 0.29) is 0 Å². The van der Waals surface area contributed by atoms with Crippen molar-refractivity contribution in [3.63, 3.8) is 0 Å². The lowest BCUT2D eigenvalue weighted by atomic mass is 10.0. The molecule has 0 saturated heterocycles. The Morgan fingerprint density at radius 3 is 1.58 bits per heavy atom. The third kappa shape index (κ3) is 5.57. The Kier molecular flexibility index (Phi) is 7.07. The zero-order valence-corrected chi connectivity index (χ0v) is 14.0. The second-order valence-electron chi connectivity index (χ2n) is 5.52. The van der Waals surface area contributed by atoms with Crippen molar-refractivity contribution >= 4 is 17.1 Å². The number of anilines is 2. The Balaban J connectivity index is 1.87. The quantitative estimate of drug-likeness (QED) is 0.322. The molecule has 24 heavy (non-hydrogen) atoms. The molecule has 0 aliphatic rings. The molecule has 0 fully saturated rings. The van der Waals surface area contributed by atoms with Gasteiger partial charge in [0.1, 0.15) is 7.11 Å². The molecule has 6 nitrogen and oxygen atoms in total. The van der Waals surface area contributed by atoms with Crippen LogP contribution in [-0.4, -0.2) is 12.8 Å². The maximum atomic E-state index is 5.38. The molecule has 0 atom stereocenters. The molecule has 0 radical (unpaired) electrons. The summed E-state index contributed by atoms with van der Waals surface area (Å²) >= 11 is 0. The van der Waals surface area contributed by atoms with Crippen LogP contribution in [0.3, 0.4) is 0 Å². The fourth-order valence-corrected chi connectivity index (χ4v) is 2.46. The molecule has 0 saturated carbocycles. The van der Waals surface area contributed by atoms with Crippen molar-refractivity contribution in [1.29, 1.82) is 0 Å². The minimum absolute atomic E-state index is 0.867. The second-order valence-corrected chi connectivity index (χ2v) is 5.52. The molecule has 0 heterocycles. The molecule has 6 heteroatoms. The van der Waals surface area contributed by atoms with Gasteiger partial charge in [0.25, 0.3) is 0 Å². The third-order valence-corrected chi connectivity index (χ3v) is 3.87. The zero-order chi connectivity index (χ0) is 17.2. The molecule has 0 amide bonds. The van der Waals surface area contributed by atoms with Crippen molar-refractivity contribution in [2.45, 2.75) is 25.7 Å². The summed E-state index contributed by atoms with van der Waals surface area (Å²) < 4.78 is 0. The predicted molar refractivity (Wildman–Crippen MR) is 99.6 cm³/mol. The molecule has 2 aromatic carbocycles. The number of rotatable bonds is 9. The summed E-state index contributed by atoms with van der Waals surface area (Å²) in [6.45, 7) is 0. The minimum Gasteiger partial charge on any atom is -0.399 e. The number of hydrogen-bond acceptors (Lipinski definition) is 6. The lowest BCUT2D eigenvalue weighted by molar-refractivity contribution is 0.211.